The lowest BCUT2D eigenvalue weighted by Gasteiger charge is -2.18. The van der Waals surface area contributed by atoms with Gasteiger partial charge in [-0.3, -0.25) is 0 Å². The Morgan fingerprint density at radius 3 is 1.81 bits per heavy atom. The molecule has 0 saturated carbocycles. The summed E-state index contributed by atoms with van der Waals surface area (Å²) in [6.07, 6.45) is 6.49. The van der Waals surface area contributed by atoms with Crippen LogP contribution in [0.2, 0.25) is 0 Å². The zero-order valence-corrected chi connectivity index (χ0v) is 17.2. The summed E-state index contributed by atoms with van der Waals surface area (Å²) < 4.78 is 0. The monoisotopic (exact) mass is 354 g/mol. The largest absolute Gasteiger partial charge is 0.0871 e. The van der Waals surface area contributed by atoms with Gasteiger partial charge in [0.2, 0.25) is 0 Å². The number of hydrogen-bond donors (Lipinski definition) is 0. The predicted molar refractivity (Wildman–Crippen MR) is 122 cm³/mol. The van der Waals surface area contributed by atoms with Crippen LogP contribution in [0.15, 0.2) is 91.0 Å². The Morgan fingerprint density at radius 2 is 1.30 bits per heavy atom. The van der Waals surface area contributed by atoms with Crippen LogP contribution in [0.3, 0.4) is 0 Å². The summed E-state index contributed by atoms with van der Waals surface area (Å²) >= 11 is 0. The maximum Gasteiger partial charge on any atom is -0.00267 e. The lowest BCUT2D eigenvalue weighted by Crippen LogP contribution is -1.94. The van der Waals surface area contributed by atoms with Crippen molar-refractivity contribution in [1.82, 2.24) is 0 Å². The predicted octanol–water partition coefficient (Wildman–Crippen LogP) is 8.33. The Labute approximate surface area is 164 Å². The van der Waals surface area contributed by atoms with Crippen molar-refractivity contribution in [3.05, 3.63) is 102 Å². The van der Waals surface area contributed by atoms with E-state index < -0.39 is 0 Å². The van der Waals surface area contributed by atoms with Gasteiger partial charge in [0.25, 0.3) is 0 Å². The quantitative estimate of drug-likeness (QED) is 0.413. The minimum Gasteiger partial charge on any atom is -0.0871 e. The van der Waals surface area contributed by atoms with Crippen LogP contribution < -0.4 is 0 Å². The average molecular weight is 355 g/mol. The highest BCUT2D eigenvalue weighted by molar-refractivity contribution is 5.94. The smallest absolute Gasteiger partial charge is 0.00267 e. The first kappa shape index (κ1) is 20.5. The first-order valence-corrected chi connectivity index (χ1v) is 9.79. The van der Waals surface area contributed by atoms with E-state index in [0.717, 1.165) is 0 Å². The van der Waals surface area contributed by atoms with Gasteiger partial charge in [0.05, 0.1) is 0 Å². The summed E-state index contributed by atoms with van der Waals surface area (Å²) in [6, 6.07) is 25.9. The topological polar surface area (TPSA) is 0 Å². The molecule has 3 aromatic carbocycles. The first-order chi connectivity index (χ1) is 13.2. The van der Waals surface area contributed by atoms with Crippen LogP contribution in [0.25, 0.3) is 27.8 Å². The highest BCUT2D eigenvalue weighted by Gasteiger charge is 2.15. The number of hydrogen-bond acceptors (Lipinski definition) is 0. The van der Waals surface area contributed by atoms with Crippen molar-refractivity contribution in [3.8, 4) is 22.3 Å². The summed E-state index contributed by atoms with van der Waals surface area (Å²) in [6.45, 7) is 10.3. The SMILES string of the molecule is C/C=C\C(=C/C)c1cc(C)cc(-c2ccccc2)c1-c1ccccc1.CC. The molecular weight excluding hydrogens is 324 g/mol. The summed E-state index contributed by atoms with van der Waals surface area (Å²) in [5.41, 5.74) is 8.89. The van der Waals surface area contributed by atoms with E-state index in [1.54, 1.807) is 0 Å². The van der Waals surface area contributed by atoms with Gasteiger partial charge in [0.15, 0.2) is 0 Å². The molecule has 3 aromatic rings. The second-order valence-electron chi connectivity index (χ2n) is 6.21. The Morgan fingerprint density at radius 1 is 0.741 bits per heavy atom. The second-order valence-corrected chi connectivity index (χ2v) is 6.21. The minimum absolute atomic E-state index is 1.25. The zero-order valence-electron chi connectivity index (χ0n) is 17.2. The molecule has 0 atom stereocenters. The van der Waals surface area contributed by atoms with E-state index in [9.17, 15) is 0 Å². The molecule has 0 saturated heterocycles. The summed E-state index contributed by atoms with van der Waals surface area (Å²) in [5, 5.41) is 0. The fourth-order valence-corrected chi connectivity index (χ4v) is 3.30. The third-order valence-corrected chi connectivity index (χ3v) is 4.40. The van der Waals surface area contributed by atoms with Gasteiger partial charge in [-0.25, -0.2) is 0 Å². The van der Waals surface area contributed by atoms with Gasteiger partial charge in [-0.15, -0.1) is 0 Å². The molecule has 0 heteroatoms. The number of aryl methyl sites for hydroxylation is 1. The summed E-state index contributed by atoms with van der Waals surface area (Å²) in [5.74, 6) is 0. The highest BCUT2D eigenvalue weighted by Crippen LogP contribution is 2.39. The lowest BCUT2D eigenvalue weighted by molar-refractivity contribution is 1.43. The molecule has 0 aliphatic heterocycles. The third-order valence-electron chi connectivity index (χ3n) is 4.40. The second kappa shape index (κ2) is 10.3. The van der Waals surface area contributed by atoms with Crippen LogP contribution in [0.5, 0.6) is 0 Å². The van der Waals surface area contributed by atoms with E-state index in [2.05, 4.69) is 112 Å². The molecule has 0 aliphatic carbocycles. The molecule has 0 spiro atoms. The van der Waals surface area contributed by atoms with Crippen LogP contribution >= 0.6 is 0 Å². The van der Waals surface area contributed by atoms with Gasteiger partial charge in [-0.05, 0) is 59.7 Å². The molecule has 0 aromatic heterocycles. The number of allylic oxidation sites excluding steroid dienone is 4. The molecule has 0 aliphatic rings. The molecule has 27 heavy (non-hydrogen) atoms. The molecule has 0 bridgehead atoms. The lowest BCUT2D eigenvalue weighted by atomic mass is 9.86. The fourth-order valence-electron chi connectivity index (χ4n) is 3.30. The first-order valence-electron chi connectivity index (χ1n) is 9.79. The van der Waals surface area contributed by atoms with Gasteiger partial charge >= 0.3 is 0 Å². The van der Waals surface area contributed by atoms with Crippen LogP contribution in [-0.4, -0.2) is 0 Å². The molecule has 0 unspecified atom stereocenters. The Balaban J connectivity index is 0.00000126. The molecule has 3 rings (SSSR count). The Kier molecular flexibility index (Phi) is 7.82. The van der Waals surface area contributed by atoms with Crippen molar-refractivity contribution in [2.24, 2.45) is 0 Å². The molecular formula is C27H30. The van der Waals surface area contributed by atoms with Crippen molar-refractivity contribution < 1.29 is 0 Å². The average Bonchev–Trinajstić information content (AvgIpc) is 2.74. The van der Waals surface area contributed by atoms with E-state index in [1.807, 2.05) is 13.8 Å². The summed E-state index contributed by atoms with van der Waals surface area (Å²) in [7, 11) is 0. The van der Waals surface area contributed by atoms with Crippen molar-refractivity contribution >= 4 is 5.57 Å². The van der Waals surface area contributed by atoms with Gasteiger partial charge in [0, 0.05) is 0 Å². The third kappa shape index (κ3) is 4.86. The van der Waals surface area contributed by atoms with E-state index >= 15 is 0 Å². The van der Waals surface area contributed by atoms with E-state index in [0.29, 0.717) is 0 Å². The van der Waals surface area contributed by atoms with Gasteiger partial charge in [0.1, 0.15) is 0 Å². The van der Waals surface area contributed by atoms with Crippen LogP contribution in [0.4, 0.5) is 0 Å². The number of benzene rings is 3. The van der Waals surface area contributed by atoms with E-state index in [4.69, 9.17) is 0 Å². The van der Waals surface area contributed by atoms with Gasteiger partial charge in [-0.1, -0.05) is 105 Å². The van der Waals surface area contributed by atoms with E-state index in [1.165, 1.54) is 39.0 Å². The van der Waals surface area contributed by atoms with Crippen molar-refractivity contribution in [2.75, 3.05) is 0 Å². The number of rotatable bonds is 4. The van der Waals surface area contributed by atoms with Crippen molar-refractivity contribution in [1.29, 1.82) is 0 Å². The standard InChI is InChI=1S/C25H24.C2H6/c1-4-12-20(5-2)23-17-19(3)18-24(21-13-8-6-9-14-21)25(23)22-15-10-7-11-16-22;1-2/h4-18H,1-3H3;1-2H3/b12-4-,20-5+;. The van der Waals surface area contributed by atoms with Gasteiger partial charge < -0.3 is 0 Å². The molecule has 0 heterocycles. The highest BCUT2D eigenvalue weighted by atomic mass is 14.2. The molecule has 0 nitrogen and oxygen atoms in total. The van der Waals surface area contributed by atoms with Crippen LogP contribution in [0, 0.1) is 6.92 Å². The maximum atomic E-state index is 2.30. The molecule has 0 fully saturated rings. The summed E-state index contributed by atoms with van der Waals surface area (Å²) in [4.78, 5) is 0. The molecule has 0 radical (unpaired) electrons. The van der Waals surface area contributed by atoms with E-state index in [-0.39, 0.29) is 0 Å². The Hall–Kier alpha value is -2.86. The Bertz CT molecular complexity index is 898. The van der Waals surface area contributed by atoms with Crippen LogP contribution in [0.1, 0.15) is 38.8 Å². The normalized spacial score (nSPS) is 11.2. The van der Waals surface area contributed by atoms with Crippen LogP contribution in [-0.2, 0) is 0 Å². The van der Waals surface area contributed by atoms with Crippen molar-refractivity contribution in [2.45, 2.75) is 34.6 Å². The maximum absolute atomic E-state index is 2.30. The molecule has 0 N–H and O–H groups in total. The molecule has 0 amide bonds. The molecule has 138 valence electrons. The minimum atomic E-state index is 1.25. The van der Waals surface area contributed by atoms with Crippen molar-refractivity contribution in [3.63, 3.8) is 0 Å². The van der Waals surface area contributed by atoms with Gasteiger partial charge in [-0.2, -0.15) is 0 Å². The zero-order chi connectivity index (χ0) is 19.6. The fraction of sp³-hybridized carbons (Fsp3) is 0.185.